The number of carbonyl (C=O) groups excluding carboxylic acids is 2. The number of rotatable bonds is 8. The maximum absolute atomic E-state index is 12.8. The van der Waals surface area contributed by atoms with Gasteiger partial charge in [-0.25, -0.2) is 14.4 Å². The third-order valence-electron chi connectivity index (χ3n) is 6.76. The Morgan fingerprint density at radius 3 is 2.12 bits per heavy atom. The van der Waals surface area contributed by atoms with Crippen LogP contribution < -0.4 is 15.4 Å². The summed E-state index contributed by atoms with van der Waals surface area (Å²) in [6, 6.07) is 21.0. The van der Waals surface area contributed by atoms with E-state index >= 15 is 0 Å². The van der Waals surface area contributed by atoms with Gasteiger partial charge in [-0.05, 0) is 72.4 Å². The van der Waals surface area contributed by atoms with Crippen LogP contribution in [0.3, 0.4) is 0 Å². The molecule has 214 valence electrons. The molecule has 3 amide bonds. The molecule has 0 aromatic heterocycles. The number of ether oxygens (including phenoxy) is 1. The number of carboxylic acids is 2. The van der Waals surface area contributed by atoms with E-state index in [0.717, 1.165) is 5.56 Å². The summed E-state index contributed by atoms with van der Waals surface area (Å²) in [4.78, 5) is 49.7. The van der Waals surface area contributed by atoms with Gasteiger partial charge in [-0.3, -0.25) is 10.1 Å². The molecule has 0 unspecified atom stereocenters. The molecule has 0 aliphatic heterocycles. The number of hydrogen-bond acceptors (Lipinski definition) is 5. The van der Waals surface area contributed by atoms with Crippen LogP contribution in [0.1, 0.15) is 67.5 Å². The Balaban J connectivity index is 1.67. The summed E-state index contributed by atoms with van der Waals surface area (Å²) in [5.74, 6) is -2.63. The van der Waals surface area contributed by atoms with E-state index in [1.807, 2.05) is 32.0 Å². The van der Waals surface area contributed by atoms with Gasteiger partial charge in [0.25, 0.3) is 5.91 Å². The minimum Gasteiger partial charge on any atom is -0.478 e. The SMILES string of the molecule is Cc1cc(NC(=O)NC(=O)c2ccccc2C(C)C)c(C)c(C(=O)O)c1Oc1ccc(C(=O)O)cc1-c1ccccc1. The highest BCUT2D eigenvalue weighted by Gasteiger charge is 2.24. The highest BCUT2D eigenvalue weighted by atomic mass is 16.5. The van der Waals surface area contributed by atoms with Crippen molar-refractivity contribution in [1.82, 2.24) is 5.32 Å². The molecule has 0 heterocycles. The van der Waals surface area contributed by atoms with E-state index in [4.69, 9.17) is 4.74 Å². The molecule has 0 aliphatic rings. The summed E-state index contributed by atoms with van der Waals surface area (Å²) in [5, 5.41) is 24.6. The Labute approximate surface area is 242 Å². The number of benzene rings is 4. The Bertz CT molecular complexity index is 1690. The fourth-order valence-corrected chi connectivity index (χ4v) is 4.65. The highest BCUT2D eigenvalue weighted by molar-refractivity contribution is 6.09. The van der Waals surface area contributed by atoms with Crippen LogP contribution in [-0.4, -0.2) is 34.1 Å². The average Bonchev–Trinajstić information content (AvgIpc) is 2.95. The van der Waals surface area contributed by atoms with E-state index in [1.165, 1.54) is 25.1 Å². The molecule has 42 heavy (non-hydrogen) atoms. The molecule has 4 aromatic rings. The summed E-state index contributed by atoms with van der Waals surface area (Å²) in [5.41, 5.74) is 2.94. The number of carbonyl (C=O) groups is 4. The second kappa shape index (κ2) is 12.4. The molecule has 0 spiro atoms. The van der Waals surface area contributed by atoms with Gasteiger partial charge < -0.3 is 20.3 Å². The number of hydrogen-bond donors (Lipinski definition) is 4. The van der Waals surface area contributed by atoms with Crippen LogP contribution in [0.4, 0.5) is 10.5 Å². The fourth-order valence-electron chi connectivity index (χ4n) is 4.65. The smallest absolute Gasteiger partial charge is 0.339 e. The van der Waals surface area contributed by atoms with Crippen molar-refractivity contribution in [3.05, 3.63) is 112 Å². The van der Waals surface area contributed by atoms with Crippen LogP contribution in [0.25, 0.3) is 11.1 Å². The predicted octanol–water partition coefficient (Wildman–Crippen LogP) is 7.24. The maximum Gasteiger partial charge on any atom is 0.339 e. The lowest BCUT2D eigenvalue weighted by Gasteiger charge is -2.19. The molecule has 0 fully saturated rings. The molecule has 9 heteroatoms. The summed E-state index contributed by atoms with van der Waals surface area (Å²) in [6.45, 7) is 7.03. The van der Waals surface area contributed by atoms with E-state index in [9.17, 15) is 29.4 Å². The second-order valence-electron chi connectivity index (χ2n) is 10.0. The summed E-state index contributed by atoms with van der Waals surface area (Å²) in [6.07, 6.45) is 0. The number of urea groups is 1. The number of amides is 3. The second-order valence-corrected chi connectivity index (χ2v) is 10.0. The molecular weight excluding hydrogens is 536 g/mol. The number of aromatic carboxylic acids is 2. The summed E-state index contributed by atoms with van der Waals surface area (Å²) in [7, 11) is 0. The fraction of sp³-hybridized carbons (Fsp3) is 0.152. The van der Waals surface area contributed by atoms with E-state index < -0.39 is 23.9 Å². The topological polar surface area (TPSA) is 142 Å². The molecule has 4 rings (SSSR count). The number of anilines is 1. The van der Waals surface area contributed by atoms with Crippen LogP contribution in [0.5, 0.6) is 11.5 Å². The molecule has 0 radical (unpaired) electrons. The summed E-state index contributed by atoms with van der Waals surface area (Å²) < 4.78 is 6.16. The van der Waals surface area contributed by atoms with Gasteiger partial charge in [0.1, 0.15) is 17.1 Å². The van der Waals surface area contributed by atoms with Gasteiger partial charge in [-0.1, -0.05) is 62.4 Å². The molecular formula is C33H30N2O7. The molecule has 4 N–H and O–H groups in total. The van der Waals surface area contributed by atoms with Crippen LogP contribution in [-0.2, 0) is 0 Å². The Kier molecular flexibility index (Phi) is 8.71. The van der Waals surface area contributed by atoms with Crippen molar-refractivity contribution >= 4 is 29.6 Å². The molecule has 4 aromatic carbocycles. The lowest BCUT2D eigenvalue weighted by atomic mass is 9.97. The van der Waals surface area contributed by atoms with Crippen molar-refractivity contribution in [3.8, 4) is 22.6 Å². The first-order valence-electron chi connectivity index (χ1n) is 13.2. The van der Waals surface area contributed by atoms with Crippen molar-refractivity contribution in [1.29, 1.82) is 0 Å². The molecule has 0 aliphatic carbocycles. The Morgan fingerprint density at radius 1 is 0.810 bits per heavy atom. The van der Waals surface area contributed by atoms with Gasteiger partial charge in [0.15, 0.2) is 0 Å². The number of imide groups is 1. The molecule has 0 atom stereocenters. The van der Waals surface area contributed by atoms with E-state index in [1.54, 1.807) is 49.4 Å². The molecule has 0 saturated heterocycles. The van der Waals surface area contributed by atoms with Crippen LogP contribution in [0, 0.1) is 13.8 Å². The van der Waals surface area contributed by atoms with Crippen LogP contribution in [0.15, 0.2) is 78.9 Å². The Hall–Kier alpha value is -5.44. The van der Waals surface area contributed by atoms with E-state index in [2.05, 4.69) is 10.6 Å². The largest absolute Gasteiger partial charge is 0.478 e. The van der Waals surface area contributed by atoms with E-state index in [-0.39, 0.29) is 39.8 Å². The number of carboxylic acid groups (broad SMARTS) is 2. The zero-order chi connectivity index (χ0) is 30.6. The lowest BCUT2D eigenvalue weighted by Crippen LogP contribution is -2.35. The summed E-state index contributed by atoms with van der Waals surface area (Å²) >= 11 is 0. The van der Waals surface area contributed by atoms with Gasteiger partial charge in [-0.15, -0.1) is 0 Å². The third kappa shape index (κ3) is 6.31. The average molecular weight is 567 g/mol. The Morgan fingerprint density at radius 2 is 1.48 bits per heavy atom. The van der Waals surface area contributed by atoms with Gasteiger partial charge in [0, 0.05) is 16.8 Å². The minimum absolute atomic E-state index is 0.0353. The first-order chi connectivity index (χ1) is 20.0. The van der Waals surface area contributed by atoms with Gasteiger partial charge in [-0.2, -0.15) is 0 Å². The van der Waals surface area contributed by atoms with Crippen molar-refractivity contribution in [2.75, 3.05) is 5.32 Å². The predicted molar refractivity (Wildman–Crippen MR) is 159 cm³/mol. The first kappa shape index (κ1) is 29.5. The van der Waals surface area contributed by atoms with Crippen molar-refractivity contribution in [3.63, 3.8) is 0 Å². The van der Waals surface area contributed by atoms with E-state index in [0.29, 0.717) is 22.3 Å². The quantitative estimate of drug-likeness (QED) is 0.176. The lowest BCUT2D eigenvalue weighted by molar-refractivity contribution is 0.0684. The highest BCUT2D eigenvalue weighted by Crippen LogP contribution is 2.39. The molecule has 0 bridgehead atoms. The maximum atomic E-state index is 12.8. The zero-order valence-electron chi connectivity index (χ0n) is 23.5. The normalized spacial score (nSPS) is 10.7. The van der Waals surface area contributed by atoms with Crippen LogP contribution in [0.2, 0.25) is 0 Å². The van der Waals surface area contributed by atoms with Crippen molar-refractivity contribution in [2.24, 2.45) is 0 Å². The monoisotopic (exact) mass is 566 g/mol. The molecule has 9 nitrogen and oxygen atoms in total. The molecule has 0 saturated carbocycles. The van der Waals surface area contributed by atoms with Gasteiger partial charge in [0.2, 0.25) is 0 Å². The van der Waals surface area contributed by atoms with Gasteiger partial charge in [0.05, 0.1) is 5.56 Å². The minimum atomic E-state index is -1.29. The van der Waals surface area contributed by atoms with Gasteiger partial charge >= 0.3 is 18.0 Å². The standard InChI is InChI=1S/C33H30N2O7/c1-18(2)23-12-8-9-13-24(23)30(36)35-33(41)34-26-16-19(3)29(28(20(26)4)32(39)40)42-27-15-14-22(31(37)38)17-25(27)21-10-6-5-7-11-21/h5-18H,1-4H3,(H,37,38)(H,39,40)(H2,34,35,36,41). The van der Waals surface area contributed by atoms with Crippen molar-refractivity contribution < 1.29 is 34.1 Å². The number of aryl methyl sites for hydroxylation is 1. The zero-order valence-corrected chi connectivity index (χ0v) is 23.5. The van der Waals surface area contributed by atoms with Crippen molar-refractivity contribution in [2.45, 2.75) is 33.6 Å². The van der Waals surface area contributed by atoms with Crippen LogP contribution >= 0.6 is 0 Å². The third-order valence-corrected chi connectivity index (χ3v) is 6.76. The number of nitrogens with one attached hydrogen (secondary N) is 2. The first-order valence-corrected chi connectivity index (χ1v) is 13.2.